The molecule has 0 N–H and O–H groups in total. The van der Waals surface area contributed by atoms with Crippen LogP contribution in [0.4, 0.5) is 0 Å². The lowest BCUT2D eigenvalue weighted by atomic mass is 9.77. The minimum atomic E-state index is 0.116. The summed E-state index contributed by atoms with van der Waals surface area (Å²) >= 11 is 0. The van der Waals surface area contributed by atoms with E-state index in [0.29, 0.717) is 0 Å². The van der Waals surface area contributed by atoms with E-state index in [9.17, 15) is 0 Å². The number of fused-ring (bicyclic) bond motifs is 4. The molecule has 2 aliphatic rings. The molecule has 0 saturated carbocycles. The Kier molecular flexibility index (Phi) is 3.77. The van der Waals surface area contributed by atoms with Gasteiger partial charge in [0.2, 0.25) is 0 Å². The topological polar surface area (TPSA) is 3.24 Å². The molecular formula is C22H27N. The Balaban J connectivity index is 2.00. The molecule has 1 heterocycles. The zero-order valence-electron chi connectivity index (χ0n) is 14.4. The van der Waals surface area contributed by atoms with Crippen molar-refractivity contribution in [3.05, 3.63) is 70.3 Å². The minimum absolute atomic E-state index is 0.116. The van der Waals surface area contributed by atoms with Crippen molar-refractivity contribution in [2.45, 2.75) is 51.5 Å². The second-order valence-corrected chi connectivity index (χ2v) is 7.27. The van der Waals surface area contributed by atoms with Gasteiger partial charge in [0.25, 0.3) is 0 Å². The smallest absolute Gasteiger partial charge is 0.0721 e. The van der Waals surface area contributed by atoms with Crippen molar-refractivity contribution in [1.29, 1.82) is 0 Å². The van der Waals surface area contributed by atoms with Crippen molar-refractivity contribution in [3.63, 3.8) is 0 Å². The van der Waals surface area contributed by atoms with Crippen LogP contribution in [0.15, 0.2) is 42.5 Å². The van der Waals surface area contributed by atoms with Crippen LogP contribution in [0.2, 0.25) is 0 Å². The number of hydrogen-bond acceptors (Lipinski definition) is 1. The Morgan fingerprint density at radius 3 is 2.61 bits per heavy atom. The first kappa shape index (κ1) is 15.0. The molecule has 1 atom stereocenters. The summed E-state index contributed by atoms with van der Waals surface area (Å²) < 4.78 is 0. The lowest BCUT2D eigenvalue weighted by Crippen LogP contribution is -2.43. The van der Waals surface area contributed by atoms with Gasteiger partial charge in [0.05, 0.1) is 5.54 Å². The number of benzene rings is 2. The van der Waals surface area contributed by atoms with Crippen LogP contribution < -0.4 is 0 Å². The van der Waals surface area contributed by atoms with E-state index in [4.69, 9.17) is 0 Å². The number of likely N-dealkylation sites (tertiary alicyclic amines) is 1. The van der Waals surface area contributed by atoms with Gasteiger partial charge in [0.1, 0.15) is 0 Å². The Labute approximate surface area is 140 Å². The van der Waals surface area contributed by atoms with E-state index in [2.05, 4.69) is 61.2 Å². The average Bonchev–Trinajstić information content (AvgIpc) is 2.92. The molecule has 2 aromatic rings. The van der Waals surface area contributed by atoms with E-state index in [0.717, 1.165) is 0 Å². The van der Waals surface area contributed by atoms with Crippen LogP contribution in [0.3, 0.4) is 0 Å². The highest BCUT2D eigenvalue weighted by atomic mass is 15.2. The van der Waals surface area contributed by atoms with Crippen molar-refractivity contribution >= 4 is 0 Å². The van der Waals surface area contributed by atoms with E-state index < -0.39 is 0 Å². The summed E-state index contributed by atoms with van der Waals surface area (Å²) in [5, 5.41) is 0. The van der Waals surface area contributed by atoms with Crippen LogP contribution in [0, 0.1) is 6.92 Å². The normalized spacial score (nSPS) is 23.6. The van der Waals surface area contributed by atoms with Crippen LogP contribution in [0.5, 0.6) is 0 Å². The second kappa shape index (κ2) is 5.79. The second-order valence-electron chi connectivity index (χ2n) is 7.27. The first-order chi connectivity index (χ1) is 11.3. The molecule has 1 aliphatic carbocycles. The maximum Gasteiger partial charge on any atom is 0.0721 e. The van der Waals surface area contributed by atoms with Gasteiger partial charge in [-0.3, -0.25) is 4.90 Å². The van der Waals surface area contributed by atoms with E-state index >= 15 is 0 Å². The number of aryl methyl sites for hydroxylation is 3. The standard InChI is InChI=1S/C22H27N/c1-3-14-23-15-6-13-22(23)20-8-5-4-7-18(20)11-12-19-10-9-17(2)16-21(19)22/h4-5,7-10,16H,3,6,11-15H2,1-2H3. The molecule has 0 aromatic heterocycles. The summed E-state index contributed by atoms with van der Waals surface area (Å²) in [7, 11) is 0. The molecule has 1 spiro atoms. The quantitative estimate of drug-likeness (QED) is 0.767. The Bertz CT molecular complexity index is 718. The first-order valence-electron chi connectivity index (χ1n) is 9.19. The lowest BCUT2D eigenvalue weighted by molar-refractivity contribution is 0.177. The average molecular weight is 305 g/mol. The third-order valence-corrected chi connectivity index (χ3v) is 5.84. The van der Waals surface area contributed by atoms with E-state index in [1.165, 1.54) is 50.8 Å². The van der Waals surface area contributed by atoms with Gasteiger partial charge in [0.15, 0.2) is 0 Å². The third-order valence-electron chi connectivity index (χ3n) is 5.84. The fourth-order valence-electron chi connectivity index (χ4n) is 4.91. The largest absolute Gasteiger partial charge is 0.290 e. The molecule has 1 nitrogen and oxygen atoms in total. The van der Waals surface area contributed by atoms with Crippen LogP contribution in [0.25, 0.3) is 0 Å². The molecule has 4 rings (SSSR count). The molecule has 0 amide bonds. The Morgan fingerprint density at radius 1 is 1.00 bits per heavy atom. The molecule has 1 aliphatic heterocycles. The van der Waals surface area contributed by atoms with Crippen LogP contribution >= 0.6 is 0 Å². The monoisotopic (exact) mass is 305 g/mol. The van der Waals surface area contributed by atoms with Gasteiger partial charge >= 0.3 is 0 Å². The van der Waals surface area contributed by atoms with Crippen molar-refractivity contribution in [2.75, 3.05) is 13.1 Å². The van der Waals surface area contributed by atoms with Crippen LogP contribution in [-0.2, 0) is 18.4 Å². The predicted molar refractivity (Wildman–Crippen MR) is 96.9 cm³/mol. The third kappa shape index (κ3) is 2.25. The maximum absolute atomic E-state index is 2.77. The van der Waals surface area contributed by atoms with Gasteiger partial charge in [-0.05, 0) is 74.4 Å². The summed E-state index contributed by atoms with van der Waals surface area (Å²) in [5.74, 6) is 0. The highest BCUT2D eigenvalue weighted by Gasteiger charge is 2.46. The van der Waals surface area contributed by atoms with Gasteiger partial charge < -0.3 is 0 Å². The predicted octanol–water partition coefficient (Wildman–Crippen LogP) is 4.84. The number of nitrogens with zero attached hydrogens (tertiary/aromatic N) is 1. The van der Waals surface area contributed by atoms with Crippen molar-refractivity contribution in [2.24, 2.45) is 0 Å². The van der Waals surface area contributed by atoms with E-state index in [1.807, 2.05) is 0 Å². The van der Waals surface area contributed by atoms with Gasteiger partial charge in [0, 0.05) is 0 Å². The number of hydrogen-bond donors (Lipinski definition) is 0. The fourth-order valence-corrected chi connectivity index (χ4v) is 4.91. The SMILES string of the molecule is CCCN1CCCC12c1ccccc1CCc1ccc(C)cc12. The zero-order valence-corrected chi connectivity index (χ0v) is 14.4. The van der Waals surface area contributed by atoms with Crippen molar-refractivity contribution in [1.82, 2.24) is 4.90 Å². The highest BCUT2D eigenvalue weighted by molar-refractivity contribution is 5.51. The summed E-state index contributed by atoms with van der Waals surface area (Å²) in [5.41, 5.74) is 7.80. The molecule has 0 radical (unpaired) electrons. The molecule has 2 aromatic carbocycles. The van der Waals surface area contributed by atoms with E-state index in [1.54, 1.807) is 22.3 Å². The van der Waals surface area contributed by atoms with Gasteiger partial charge in [-0.15, -0.1) is 0 Å². The zero-order chi connectivity index (χ0) is 15.9. The molecular weight excluding hydrogens is 278 g/mol. The molecule has 1 saturated heterocycles. The van der Waals surface area contributed by atoms with Crippen molar-refractivity contribution < 1.29 is 0 Å². The lowest BCUT2D eigenvalue weighted by Gasteiger charge is -2.41. The molecule has 120 valence electrons. The summed E-state index contributed by atoms with van der Waals surface area (Å²) in [6.07, 6.45) is 6.15. The molecule has 1 fully saturated rings. The van der Waals surface area contributed by atoms with E-state index in [-0.39, 0.29) is 5.54 Å². The van der Waals surface area contributed by atoms with Crippen LogP contribution in [0.1, 0.15) is 54.0 Å². The molecule has 1 unspecified atom stereocenters. The number of rotatable bonds is 2. The van der Waals surface area contributed by atoms with Crippen molar-refractivity contribution in [3.8, 4) is 0 Å². The van der Waals surface area contributed by atoms with Gasteiger partial charge in [-0.2, -0.15) is 0 Å². The summed E-state index contributed by atoms with van der Waals surface area (Å²) in [6.45, 7) is 6.98. The Morgan fingerprint density at radius 2 is 1.78 bits per heavy atom. The summed E-state index contributed by atoms with van der Waals surface area (Å²) in [6, 6.07) is 16.4. The highest BCUT2D eigenvalue weighted by Crippen LogP contribution is 2.49. The molecule has 0 bridgehead atoms. The first-order valence-corrected chi connectivity index (χ1v) is 9.19. The minimum Gasteiger partial charge on any atom is -0.290 e. The molecule has 1 heteroatoms. The maximum atomic E-state index is 2.77. The van der Waals surface area contributed by atoms with Gasteiger partial charge in [-0.1, -0.05) is 55.0 Å². The van der Waals surface area contributed by atoms with Gasteiger partial charge in [-0.25, -0.2) is 0 Å². The Hall–Kier alpha value is -1.60. The summed E-state index contributed by atoms with van der Waals surface area (Å²) in [4.78, 5) is 2.77. The van der Waals surface area contributed by atoms with Crippen LogP contribution in [-0.4, -0.2) is 18.0 Å². The fraction of sp³-hybridized carbons (Fsp3) is 0.455. The molecule has 23 heavy (non-hydrogen) atoms.